The molecule has 8 nitrogen and oxygen atoms in total. The molecule has 33 heavy (non-hydrogen) atoms. The molecular weight excluding hydrogens is 424 g/mol. The van der Waals surface area contributed by atoms with E-state index >= 15 is 0 Å². The van der Waals surface area contributed by atoms with E-state index in [1.54, 1.807) is 0 Å². The van der Waals surface area contributed by atoms with Crippen LogP contribution in [0.15, 0.2) is 48.5 Å². The van der Waals surface area contributed by atoms with Crippen molar-refractivity contribution in [2.45, 2.75) is 44.2 Å². The number of methoxy groups -OCH3 is 1. The Hall–Kier alpha value is -3.39. The van der Waals surface area contributed by atoms with E-state index in [4.69, 9.17) is 14.6 Å². The molecule has 176 valence electrons. The van der Waals surface area contributed by atoms with Crippen LogP contribution in [0, 0.1) is 0 Å². The molecule has 0 spiro atoms. The third-order valence-corrected chi connectivity index (χ3v) is 5.80. The number of benzene rings is 2. The largest absolute Gasteiger partial charge is 0.479 e. The molecule has 8 heteroatoms. The Kier molecular flexibility index (Phi) is 8.43. The van der Waals surface area contributed by atoms with Crippen LogP contribution < -0.4 is 10.6 Å². The van der Waals surface area contributed by atoms with Crippen LogP contribution in [0.25, 0.3) is 11.1 Å². The minimum atomic E-state index is -1.09. The molecule has 3 N–H and O–H groups in total. The van der Waals surface area contributed by atoms with Crippen molar-refractivity contribution in [1.82, 2.24) is 10.6 Å². The van der Waals surface area contributed by atoms with Crippen molar-refractivity contribution in [3.8, 4) is 11.1 Å². The van der Waals surface area contributed by atoms with E-state index < -0.39 is 24.2 Å². The van der Waals surface area contributed by atoms with Gasteiger partial charge in [0.15, 0.2) is 6.10 Å². The Balaban J connectivity index is 1.56. The van der Waals surface area contributed by atoms with Crippen LogP contribution in [0.2, 0.25) is 0 Å². The number of carboxylic acids is 1. The van der Waals surface area contributed by atoms with E-state index in [0.717, 1.165) is 22.3 Å². The number of carboxylic acid groups (broad SMARTS) is 1. The molecule has 0 saturated heterocycles. The monoisotopic (exact) mass is 454 g/mol. The number of rotatable bonds is 11. The summed E-state index contributed by atoms with van der Waals surface area (Å²) >= 11 is 0. The van der Waals surface area contributed by atoms with Gasteiger partial charge in [0.1, 0.15) is 12.6 Å². The molecule has 2 aromatic rings. The number of hydrogen-bond donors (Lipinski definition) is 3. The number of hydrogen-bond acceptors (Lipinski definition) is 5. The molecule has 0 heterocycles. The van der Waals surface area contributed by atoms with Crippen LogP contribution in [0.3, 0.4) is 0 Å². The maximum atomic E-state index is 12.5. The summed E-state index contributed by atoms with van der Waals surface area (Å²) < 4.78 is 10.4. The summed E-state index contributed by atoms with van der Waals surface area (Å²) in [6, 6.07) is 15.4. The fourth-order valence-electron chi connectivity index (χ4n) is 4.13. The van der Waals surface area contributed by atoms with Gasteiger partial charge in [-0.1, -0.05) is 61.9 Å². The molecule has 0 bridgehead atoms. The zero-order valence-corrected chi connectivity index (χ0v) is 18.9. The highest BCUT2D eigenvalue weighted by molar-refractivity contribution is 5.85. The molecule has 0 radical (unpaired) electrons. The Morgan fingerprint density at radius 3 is 2.15 bits per heavy atom. The minimum Gasteiger partial charge on any atom is -0.479 e. The number of alkyl carbamates (subject to hydrolysis) is 1. The first-order chi connectivity index (χ1) is 16.0. The lowest BCUT2D eigenvalue weighted by atomic mass is 9.98. The number of amides is 2. The van der Waals surface area contributed by atoms with Crippen LogP contribution in [-0.4, -0.2) is 55.5 Å². The van der Waals surface area contributed by atoms with Gasteiger partial charge >= 0.3 is 12.1 Å². The number of carbonyl (C=O) groups excluding carboxylic acids is 2. The average molecular weight is 455 g/mol. The quantitative estimate of drug-likeness (QED) is 0.480. The topological polar surface area (TPSA) is 114 Å². The van der Waals surface area contributed by atoms with E-state index in [-0.39, 0.29) is 31.4 Å². The second-order valence-electron chi connectivity index (χ2n) is 7.95. The molecule has 0 aliphatic heterocycles. The summed E-state index contributed by atoms with van der Waals surface area (Å²) in [7, 11) is 1.30. The molecule has 2 amide bonds. The van der Waals surface area contributed by atoms with Crippen molar-refractivity contribution in [2.24, 2.45) is 0 Å². The highest BCUT2D eigenvalue weighted by Crippen LogP contribution is 2.44. The molecule has 0 aromatic heterocycles. The number of ether oxygens (including phenoxy) is 2. The van der Waals surface area contributed by atoms with Crippen LogP contribution in [0.1, 0.15) is 43.2 Å². The van der Waals surface area contributed by atoms with Crippen LogP contribution >= 0.6 is 0 Å². The summed E-state index contributed by atoms with van der Waals surface area (Å²) in [5.74, 6) is -1.54. The number of carbonyl (C=O) groups is 3. The fourth-order valence-corrected chi connectivity index (χ4v) is 4.13. The van der Waals surface area contributed by atoms with Gasteiger partial charge in [-0.15, -0.1) is 0 Å². The Labute approximate surface area is 193 Å². The normalized spacial score (nSPS) is 14.0. The van der Waals surface area contributed by atoms with E-state index in [1.807, 2.05) is 43.3 Å². The SMILES string of the molecule is CCCC(NC(=O)OCC1c2ccccc2-c2ccccc21)C(=O)NCCC(OC)C(=O)O. The van der Waals surface area contributed by atoms with Gasteiger partial charge in [0.2, 0.25) is 5.91 Å². The molecule has 1 aliphatic rings. The minimum absolute atomic E-state index is 0.0661. The number of fused-ring (bicyclic) bond motifs is 3. The number of aliphatic carboxylic acids is 1. The Bertz CT molecular complexity index is 947. The van der Waals surface area contributed by atoms with Gasteiger partial charge in [-0.3, -0.25) is 4.79 Å². The van der Waals surface area contributed by atoms with Gasteiger partial charge in [-0.25, -0.2) is 9.59 Å². The third-order valence-electron chi connectivity index (χ3n) is 5.80. The lowest BCUT2D eigenvalue weighted by molar-refractivity contribution is -0.149. The second kappa shape index (κ2) is 11.5. The van der Waals surface area contributed by atoms with Gasteiger partial charge < -0.3 is 25.2 Å². The van der Waals surface area contributed by atoms with Gasteiger partial charge in [-0.05, 0) is 28.7 Å². The van der Waals surface area contributed by atoms with Gasteiger partial charge in [0.05, 0.1) is 0 Å². The summed E-state index contributed by atoms with van der Waals surface area (Å²) in [6.07, 6.45) is -0.419. The van der Waals surface area contributed by atoms with Crippen LogP contribution in [-0.2, 0) is 19.1 Å². The predicted octanol–water partition coefficient (Wildman–Crippen LogP) is 3.30. The smallest absolute Gasteiger partial charge is 0.407 e. The van der Waals surface area contributed by atoms with Gasteiger partial charge in [0, 0.05) is 26.0 Å². The van der Waals surface area contributed by atoms with Crippen molar-refractivity contribution < 1.29 is 29.0 Å². The van der Waals surface area contributed by atoms with Crippen molar-refractivity contribution in [3.63, 3.8) is 0 Å². The van der Waals surface area contributed by atoms with Crippen LogP contribution in [0.5, 0.6) is 0 Å². The molecular formula is C25H30N2O6. The summed E-state index contributed by atoms with van der Waals surface area (Å²) in [5.41, 5.74) is 4.50. The first-order valence-corrected chi connectivity index (χ1v) is 11.1. The molecule has 3 rings (SSSR count). The summed E-state index contributed by atoms with van der Waals surface area (Å²) in [5, 5.41) is 14.3. The van der Waals surface area contributed by atoms with Crippen molar-refractivity contribution in [3.05, 3.63) is 59.7 Å². The van der Waals surface area contributed by atoms with Gasteiger partial charge in [-0.2, -0.15) is 0 Å². The lowest BCUT2D eigenvalue weighted by Crippen LogP contribution is -2.47. The standard InChI is InChI=1S/C25H30N2O6/c1-3-8-21(23(28)26-14-13-22(32-2)24(29)30)27-25(31)33-15-20-18-11-6-4-9-16(18)17-10-5-7-12-19(17)20/h4-7,9-12,20-22H,3,8,13-15H2,1-2H3,(H,26,28)(H,27,31)(H,29,30). The molecule has 2 unspecified atom stereocenters. The molecule has 0 saturated carbocycles. The molecule has 2 atom stereocenters. The van der Waals surface area contributed by atoms with Crippen molar-refractivity contribution in [2.75, 3.05) is 20.3 Å². The maximum Gasteiger partial charge on any atom is 0.407 e. The first-order valence-electron chi connectivity index (χ1n) is 11.1. The van der Waals surface area contributed by atoms with Crippen molar-refractivity contribution in [1.29, 1.82) is 0 Å². The van der Waals surface area contributed by atoms with E-state index in [1.165, 1.54) is 7.11 Å². The first kappa shape index (κ1) is 24.3. The third kappa shape index (κ3) is 5.90. The lowest BCUT2D eigenvalue weighted by Gasteiger charge is -2.20. The summed E-state index contributed by atoms with van der Waals surface area (Å²) in [6.45, 7) is 2.19. The number of nitrogens with one attached hydrogen (secondary N) is 2. The maximum absolute atomic E-state index is 12.5. The second-order valence-corrected chi connectivity index (χ2v) is 7.95. The zero-order chi connectivity index (χ0) is 23.8. The molecule has 1 aliphatic carbocycles. The van der Waals surface area contributed by atoms with E-state index in [2.05, 4.69) is 22.8 Å². The fraction of sp³-hybridized carbons (Fsp3) is 0.400. The Morgan fingerprint density at radius 2 is 1.61 bits per heavy atom. The Morgan fingerprint density at radius 1 is 1.00 bits per heavy atom. The molecule has 2 aromatic carbocycles. The zero-order valence-electron chi connectivity index (χ0n) is 18.9. The molecule has 0 fully saturated rings. The van der Waals surface area contributed by atoms with E-state index in [9.17, 15) is 14.4 Å². The predicted molar refractivity (Wildman–Crippen MR) is 123 cm³/mol. The average Bonchev–Trinajstić information content (AvgIpc) is 3.13. The van der Waals surface area contributed by atoms with E-state index in [0.29, 0.717) is 12.8 Å². The highest BCUT2D eigenvalue weighted by Gasteiger charge is 2.29. The highest BCUT2D eigenvalue weighted by atomic mass is 16.5. The van der Waals surface area contributed by atoms with Crippen LogP contribution in [0.4, 0.5) is 4.79 Å². The van der Waals surface area contributed by atoms with Gasteiger partial charge in [0.25, 0.3) is 0 Å². The van der Waals surface area contributed by atoms with Crippen molar-refractivity contribution >= 4 is 18.0 Å². The summed E-state index contributed by atoms with van der Waals surface area (Å²) in [4.78, 5) is 36.1.